The zero-order valence-corrected chi connectivity index (χ0v) is 22.5. The van der Waals surface area contributed by atoms with Crippen molar-refractivity contribution < 1.29 is 41.2 Å². The van der Waals surface area contributed by atoms with Crippen LogP contribution in [0.25, 0.3) is 0 Å². The van der Waals surface area contributed by atoms with Gasteiger partial charge in [0.2, 0.25) is 0 Å². The van der Waals surface area contributed by atoms with Crippen LogP contribution in [0.4, 0.5) is 8.78 Å². The van der Waals surface area contributed by atoms with Gasteiger partial charge in [0.1, 0.15) is 0 Å². The van der Waals surface area contributed by atoms with Crippen molar-refractivity contribution in [3.8, 4) is 0 Å². The molecular weight excluding hydrogens is 550 g/mol. The zero-order chi connectivity index (χ0) is 28.5. The highest BCUT2D eigenvalue weighted by molar-refractivity contribution is 7.97. The summed E-state index contributed by atoms with van der Waals surface area (Å²) < 4.78 is 58.8. The molecule has 0 heterocycles. The number of benzene rings is 3. The molecule has 1 aliphatic carbocycles. The molecule has 4 rings (SSSR count). The third kappa shape index (κ3) is 8.35. The summed E-state index contributed by atoms with van der Waals surface area (Å²) in [5.41, 5.74) is 0. The molecule has 0 aliphatic heterocycles. The fourth-order valence-electron chi connectivity index (χ4n) is 4.11. The number of ether oxygens (including phenoxy) is 1. The van der Waals surface area contributed by atoms with E-state index in [1.54, 1.807) is 0 Å². The lowest BCUT2D eigenvalue weighted by Crippen LogP contribution is -2.42. The molecule has 1 aliphatic rings. The lowest BCUT2D eigenvalue weighted by atomic mass is 9.79. The van der Waals surface area contributed by atoms with E-state index in [9.17, 15) is 31.9 Å². The molecule has 0 radical (unpaired) electrons. The Balaban J connectivity index is 0.000000216. The maximum atomic E-state index is 12.9. The highest BCUT2D eigenvalue weighted by Gasteiger charge is 2.46. The molecule has 0 amide bonds. The molecule has 3 aromatic rings. The van der Waals surface area contributed by atoms with E-state index in [2.05, 4.69) is 95.7 Å². The second kappa shape index (κ2) is 13.7. The van der Waals surface area contributed by atoms with Crippen LogP contribution in [0.2, 0.25) is 0 Å². The summed E-state index contributed by atoms with van der Waals surface area (Å²) in [7, 11) is -5.71. The van der Waals surface area contributed by atoms with E-state index in [0.29, 0.717) is 12.8 Å². The van der Waals surface area contributed by atoms with Crippen LogP contribution in [-0.2, 0) is 35.3 Å². The third-order valence-corrected chi connectivity index (χ3v) is 9.17. The van der Waals surface area contributed by atoms with Gasteiger partial charge in [-0.05, 0) is 49.2 Å². The van der Waals surface area contributed by atoms with E-state index in [-0.39, 0.29) is 23.7 Å². The monoisotopic (exact) mass is 578 g/mol. The van der Waals surface area contributed by atoms with Crippen molar-refractivity contribution in [1.29, 1.82) is 0 Å². The van der Waals surface area contributed by atoms with Crippen molar-refractivity contribution in [2.75, 3.05) is 6.61 Å². The van der Waals surface area contributed by atoms with Crippen LogP contribution >= 0.6 is 0 Å². The predicted octanol–water partition coefficient (Wildman–Crippen LogP) is 4.35. The Labute approximate surface area is 228 Å². The summed E-state index contributed by atoms with van der Waals surface area (Å²) in [5.74, 6) is -5.00. The molecule has 1 saturated carbocycles. The van der Waals surface area contributed by atoms with Crippen molar-refractivity contribution in [1.82, 2.24) is 0 Å². The van der Waals surface area contributed by atoms with Gasteiger partial charge in [-0.15, -0.1) is 0 Å². The molecule has 2 unspecified atom stereocenters. The molecule has 0 spiro atoms. The highest BCUT2D eigenvalue weighted by Crippen LogP contribution is 2.32. The van der Waals surface area contributed by atoms with Crippen molar-refractivity contribution in [3.05, 3.63) is 91.0 Å². The van der Waals surface area contributed by atoms with Crippen LogP contribution < -0.4 is 5.11 Å². The summed E-state index contributed by atoms with van der Waals surface area (Å²) in [6, 6.07) is 32.2. The Morgan fingerprint density at radius 3 is 1.56 bits per heavy atom. The number of alkyl halides is 2. The van der Waals surface area contributed by atoms with Gasteiger partial charge in [-0.3, -0.25) is 9.35 Å². The average molecular weight is 579 g/mol. The smallest absolute Gasteiger partial charge is 0.402 e. The highest BCUT2D eigenvalue weighted by atomic mass is 32.2. The first-order chi connectivity index (χ1) is 18.5. The average Bonchev–Trinajstić information content (AvgIpc) is 2.93. The Morgan fingerprint density at radius 1 is 0.821 bits per heavy atom. The summed E-state index contributed by atoms with van der Waals surface area (Å²) in [4.78, 5) is 26.5. The lowest BCUT2D eigenvalue weighted by molar-refractivity contribution is -0.314. The number of rotatable bonds is 8. The first-order valence-corrected chi connectivity index (χ1v) is 14.8. The minimum absolute atomic E-state index is 0.0146. The summed E-state index contributed by atoms with van der Waals surface area (Å²) in [6.07, 6.45) is 1.38. The quantitative estimate of drug-likeness (QED) is 0.240. The van der Waals surface area contributed by atoms with Gasteiger partial charge in [-0.1, -0.05) is 67.4 Å². The van der Waals surface area contributed by atoms with Gasteiger partial charge in [0, 0.05) is 11.9 Å². The number of esters is 1. The van der Waals surface area contributed by atoms with Crippen LogP contribution in [0.3, 0.4) is 0 Å². The fraction of sp³-hybridized carbons (Fsp3) is 0.286. The SMILES string of the molecule is O=C([O-])C1CCCCC1C(=O)OCC(F)(F)S(=O)(=O)O.c1ccc([S+](c2ccccc2)c2ccccc2)cc1. The van der Waals surface area contributed by atoms with Crippen molar-refractivity contribution in [2.24, 2.45) is 11.8 Å². The van der Waals surface area contributed by atoms with Gasteiger partial charge in [-0.25, -0.2) is 0 Å². The van der Waals surface area contributed by atoms with E-state index < -0.39 is 45.8 Å². The van der Waals surface area contributed by atoms with E-state index in [1.165, 1.54) is 14.7 Å². The Bertz CT molecular complexity index is 1230. The van der Waals surface area contributed by atoms with Gasteiger partial charge in [0.05, 0.1) is 16.8 Å². The number of carboxylic acid groups (broad SMARTS) is 1. The molecule has 3 aromatic carbocycles. The number of hydrogen-bond acceptors (Lipinski definition) is 6. The van der Waals surface area contributed by atoms with E-state index in [4.69, 9.17) is 4.55 Å². The van der Waals surface area contributed by atoms with Crippen LogP contribution in [0.1, 0.15) is 25.7 Å². The largest absolute Gasteiger partial charge is 0.550 e. The normalized spacial score (nSPS) is 17.5. The van der Waals surface area contributed by atoms with Crippen molar-refractivity contribution in [2.45, 2.75) is 45.6 Å². The van der Waals surface area contributed by atoms with Gasteiger partial charge in [0.15, 0.2) is 21.3 Å². The maximum Gasteiger partial charge on any atom is 0.402 e. The molecule has 2 atom stereocenters. The fourth-order valence-corrected chi connectivity index (χ4v) is 6.42. The number of halogens is 2. The number of hydrogen-bond donors (Lipinski definition) is 1. The Morgan fingerprint density at radius 2 is 1.21 bits per heavy atom. The van der Waals surface area contributed by atoms with Crippen LogP contribution in [0.5, 0.6) is 0 Å². The van der Waals surface area contributed by atoms with Crippen LogP contribution in [-0.4, -0.2) is 36.8 Å². The Kier molecular flexibility index (Phi) is 10.6. The molecule has 1 N–H and O–H groups in total. The first kappa shape index (κ1) is 30.3. The summed E-state index contributed by atoms with van der Waals surface area (Å²) in [6.45, 7) is -1.86. The molecule has 0 saturated heterocycles. The van der Waals surface area contributed by atoms with Gasteiger partial charge < -0.3 is 14.6 Å². The van der Waals surface area contributed by atoms with Crippen LogP contribution in [0.15, 0.2) is 106 Å². The third-order valence-electron chi connectivity index (χ3n) is 6.07. The standard InChI is InChI=1S/C18H15S.C10H14F2O7S/c1-4-10-16(11-5-1)19(17-12-6-2-7-13-17)18-14-8-3-9-15-18;11-10(12,20(16,17)18)5-19-9(15)7-4-2-1-3-6(7)8(13)14/h1-15H;6-7H,1-5H2,(H,13,14)(H,16,17,18)/q+1;/p-1. The van der Waals surface area contributed by atoms with Crippen molar-refractivity contribution >= 4 is 33.0 Å². The minimum Gasteiger partial charge on any atom is -0.550 e. The second-order valence-electron chi connectivity index (χ2n) is 8.78. The molecule has 11 heteroatoms. The minimum atomic E-state index is -5.70. The molecule has 1 fully saturated rings. The molecule has 7 nitrogen and oxygen atoms in total. The molecule has 0 bridgehead atoms. The second-order valence-corrected chi connectivity index (χ2v) is 12.4. The van der Waals surface area contributed by atoms with Gasteiger partial charge >= 0.3 is 21.3 Å². The molecule has 39 heavy (non-hydrogen) atoms. The first-order valence-electron chi connectivity index (χ1n) is 12.1. The molecule has 208 valence electrons. The van der Waals surface area contributed by atoms with Gasteiger partial charge in [-0.2, -0.15) is 17.2 Å². The van der Waals surface area contributed by atoms with Crippen LogP contribution in [0, 0.1) is 11.8 Å². The Hall–Kier alpha value is -3.28. The predicted molar refractivity (Wildman–Crippen MR) is 139 cm³/mol. The van der Waals surface area contributed by atoms with Gasteiger partial charge in [0.25, 0.3) is 0 Å². The van der Waals surface area contributed by atoms with Crippen molar-refractivity contribution in [3.63, 3.8) is 0 Å². The maximum absolute atomic E-state index is 12.9. The van der Waals surface area contributed by atoms with E-state index in [1.807, 2.05) is 0 Å². The molecular formula is C28H28F2O7S2. The summed E-state index contributed by atoms with van der Waals surface area (Å²) in [5, 5.41) is 6.20. The van der Waals surface area contributed by atoms with E-state index in [0.717, 1.165) is 0 Å². The lowest BCUT2D eigenvalue weighted by Gasteiger charge is -2.30. The molecule has 0 aromatic heterocycles. The number of carboxylic acids is 1. The topological polar surface area (TPSA) is 121 Å². The van der Waals surface area contributed by atoms with E-state index >= 15 is 0 Å². The number of carbonyl (C=O) groups excluding carboxylic acids is 2. The summed E-state index contributed by atoms with van der Waals surface area (Å²) >= 11 is 0. The zero-order valence-electron chi connectivity index (χ0n) is 20.8. The number of carbonyl (C=O) groups is 2. The number of aliphatic carboxylic acids is 1.